The molecular formula is C13H12S. The van der Waals surface area contributed by atoms with Crippen molar-refractivity contribution in [1.29, 1.82) is 0 Å². The summed E-state index contributed by atoms with van der Waals surface area (Å²) in [6.45, 7) is 0. The van der Waals surface area contributed by atoms with Crippen LogP contribution in [0.2, 0.25) is 0 Å². The molecule has 0 saturated heterocycles. The molecule has 1 aromatic rings. The van der Waals surface area contributed by atoms with E-state index in [1.54, 1.807) is 0 Å². The molecule has 0 nitrogen and oxygen atoms in total. The lowest BCUT2D eigenvalue weighted by atomic mass is 10.0. The van der Waals surface area contributed by atoms with Gasteiger partial charge in [-0.1, -0.05) is 48.6 Å². The first kappa shape index (κ1) is 9.35. The van der Waals surface area contributed by atoms with Gasteiger partial charge in [-0.05, 0) is 23.6 Å². The molecule has 0 heterocycles. The minimum Gasteiger partial charge on any atom is -0.143 e. The molecule has 0 saturated carbocycles. The van der Waals surface area contributed by atoms with Gasteiger partial charge in [-0.2, -0.15) is 0 Å². The van der Waals surface area contributed by atoms with Crippen molar-refractivity contribution in [2.45, 2.75) is 11.3 Å². The normalized spacial score (nSPS) is 15.1. The topological polar surface area (TPSA) is 0 Å². The molecule has 1 aromatic carbocycles. The van der Waals surface area contributed by atoms with E-state index in [4.69, 9.17) is 0 Å². The van der Waals surface area contributed by atoms with Crippen molar-refractivity contribution in [3.05, 3.63) is 60.2 Å². The fourth-order valence-electron chi connectivity index (χ4n) is 1.52. The van der Waals surface area contributed by atoms with Gasteiger partial charge in [-0.3, -0.25) is 0 Å². The molecule has 0 unspecified atom stereocenters. The van der Waals surface area contributed by atoms with Gasteiger partial charge in [0.25, 0.3) is 0 Å². The molecule has 1 aliphatic rings. The third-order valence-corrected chi connectivity index (χ3v) is 2.63. The largest absolute Gasteiger partial charge is 0.143 e. The summed E-state index contributed by atoms with van der Waals surface area (Å²) in [6.07, 6.45) is 11.5. The van der Waals surface area contributed by atoms with Crippen LogP contribution in [-0.4, -0.2) is 0 Å². The van der Waals surface area contributed by atoms with Gasteiger partial charge in [-0.25, -0.2) is 0 Å². The molecule has 0 aliphatic heterocycles. The van der Waals surface area contributed by atoms with Gasteiger partial charge in [0.15, 0.2) is 0 Å². The van der Waals surface area contributed by atoms with Gasteiger partial charge in [0.2, 0.25) is 0 Å². The Hall–Kier alpha value is -1.21. The van der Waals surface area contributed by atoms with E-state index in [0.717, 1.165) is 11.3 Å². The number of benzene rings is 1. The zero-order valence-electron chi connectivity index (χ0n) is 7.85. The van der Waals surface area contributed by atoms with Gasteiger partial charge < -0.3 is 0 Å². The lowest BCUT2D eigenvalue weighted by molar-refractivity contribution is 1.32. The number of hydrogen-bond acceptors (Lipinski definition) is 1. The van der Waals surface area contributed by atoms with Crippen molar-refractivity contribution in [1.82, 2.24) is 0 Å². The fourth-order valence-corrected chi connectivity index (χ4v) is 1.83. The molecular weight excluding hydrogens is 188 g/mol. The summed E-state index contributed by atoms with van der Waals surface area (Å²) in [5, 5.41) is 0. The Balaban J connectivity index is 2.40. The lowest BCUT2D eigenvalue weighted by Gasteiger charge is -2.06. The van der Waals surface area contributed by atoms with E-state index in [1.807, 2.05) is 24.3 Å². The SMILES string of the molecule is Sc1ccccc1C1=CC=CC=CC1. The van der Waals surface area contributed by atoms with Crippen LogP contribution in [0.5, 0.6) is 0 Å². The number of thiol groups is 1. The second-order valence-electron chi connectivity index (χ2n) is 3.23. The van der Waals surface area contributed by atoms with E-state index in [2.05, 4.69) is 43.0 Å². The summed E-state index contributed by atoms with van der Waals surface area (Å²) in [5.41, 5.74) is 2.55. The van der Waals surface area contributed by atoms with Gasteiger partial charge >= 0.3 is 0 Å². The average molecular weight is 200 g/mol. The van der Waals surface area contributed by atoms with E-state index in [-0.39, 0.29) is 0 Å². The van der Waals surface area contributed by atoms with Crippen molar-refractivity contribution in [3.63, 3.8) is 0 Å². The van der Waals surface area contributed by atoms with Gasteiger partial charge in [-0.15, -0.1) is 12.6 Å². The number of hydrogen-bond donors (Lipinski definition) is 1. The fraction of sp³-hybridized carbons (Fsp3) is 0.0769. The molecule has 1 heteroatoms. The molecule has 0 amide bonds. The van der Waals surface area contributed by atoms with Crippen molar-refractivity contribution in [2.24, 2.45) is 0 Å². The Bertz CT molecular complexity index is 411. The lowest BCUT2D eigenvalue weighted by Crippen LogP contribution is -1.84. The first-order valence-corrected chi connectivity index (χ1v) is 5.13. The first-order valence-electron chi connectivity index (χ1n) is 4.68. The standard InChI is InChI=1S/C13H12S/c14-13-10-6-5-9-12(13)11-7-3-1-2-4-8-11/h1-7,9-10,14H,8H2. The van der Waals surface area contributed by atoms with Crippen LogP contribution in [0.25, 0.3) is 5.57 Å². The van der Waals surface area contributed by atoms with E-state index in [1.165, 1.54) is 11.1 Å². The summed E-state index contributed by atoms with van der Waals surface area (Å²) in [7, 11) is 0. The summed E-state index contributed by atoms with van der Waals surface area (Å²) < 4.78 is 0. The zero-order chi connectivity index (χ0) is 9.80. The first-order chi connectivity index (χ1) is 6.88. The molecule has 70 valence electrons. The van der Waals surface area contributed by atoms with Crippen molar-refractivity contribution < 1.29 is 0 Å². The highest BCUT2D eigenvalue weighted by Crippen LogP contribution is 2.26. The van der Waals surface area contributed by atoms with E-state index in [9.17, 15) is 0 Å². The van der Waals surface area contributed by atoms with E-state index in [0.29, 0.717) is 0 Å². The molecule has 0 bridgehead atoms. The Morgan fingerprint density at radius 1 is 1.00 bits per heavy atom. The van der Waals surface area contributed by atoms with Gasteiger partial charge in [0.1, 0.15) is 0 Å². The van der Waals surface area contributed by atoms with Gasteiger partial charge in [0.05, 0.1) is 0 Å². The van der Waals surface area contributed by atoms with Crippen LogP contribution in [0.1, 0.15) is 12.0 Å². The zero-order valence-corrected chi connectivity index (χ0v) is 8.74. The quantitative estimate of drug-likeness (QED) is 0.653. The molecule has 0 aromatic heterocycles. The predicted octanol–water partition coefficient (Wildman–Crippen LogP) is 3.87. The highest BCUT2D eigenvalue weighted by molar-refractivity contribution is 7.80. The summed E-state index contributed by atoms with van der Waals surface area (Å²) in [5.74, 6) is 0. The van der Waals surface area contributed by atoms with Crippen LogP contribution in [-0.2, 0) is 0 Å². The summed E-state index contributed by atoms with van der Waals surface area (Å²) >= 11 is 4.45. The summed E-state index contributed by atoms with van der Waals surface area (Å²) in [6, 6.07) is 8.20. The second-order valence-corrected chi connectivity index (χ2v) is 3.71. The highest BCUT2D eigenvalue weighted by Gasteiger charge is 2.03. The van der Waals surface area contributed by atoms with Crippen LogP contribution in [0.4, 0.5) is 0 Å². The minimum atomic E-state index is 0.977. The molecule has 0 radical (unpaired) electrons. The van der Waals surface area contributed by atoms with Crippen molar-refractivity contribution >= 4 is 18.2 Å². The Morgan fingerprint density at radius 2 is 1.86 bits per heavy atom. The average Bonchev–Trinajstić information content (AvgIpc) is 2.47. The van der Waals surface area contributed by atoms with Crippen LogP contribution in [0, 0.1) is 0 Å². The smallest absolute Gasteiger partial charge is 0.0115 e. The predicted molar refractivity (Wildman–Crippen MR) is 64.6 cm³/mol. The Labute approximate surface area is 90.1 Å². The van der Waals surface area contributed by atoms with E-state index < -0.39 is 0 Å². The van der Waals surface area contributed by atoms with Crippen LogP contribution in [0.3, 0.4) is 0 Å². The second kappa shape index (κ2) is 4.34. The monoisotopic (exact) mass is 200 g/mol. The van der Waals surface area contributed by atoms with Crippen molar-refractivity contribution in [3.8, 4) is 0 Å². The molecule has 1 aliphatic carbocycles. The molecule has 0 fully saturated rings. The van der Waals surface area contributed by atoms with E-state index >= 15 is 0 Å². The molecule has 14 heavy (non-hydrogen) atoms. The number of allylic oxidation sites excluding steroid dienone is 6. The maximum atomic E-state index is 4.45. The van der Waals surface area contributed by atoms with Crippen LogP contribution >= 0.6 is 12.6 Å². The maximum absolute atomic E-state index is 4.45. The Morgan fingerprint density at radius 3 is 2.71 bits per heavy atom. The maximum Gasteiger partial charge on any atom is 0.0115 e. The Kier molecular flexibility index (Phi) is 2.90. The summed E-state index contributed by atoms with van der Waals surface area (Å²) in [4.78, 5) is 1.04. The van der Waals surface area contributed by atoms with Gasteiger partial charge in [0, 0.05) is 4.90 Å². The minimum absolute atomic E-state index is 0.977. The third kappa shape index (κ3) is 1.99. The molecule has 0 N–H and O–H groups in total. The third-order valence-electron chi connectivity index (χ3n) is 2.24. The highest BCUT2D eigenvalue weighted by atomic mass is 32.1. The number of rotatable bonds is 1. The van der Waals surface area contributed by atoms with Crippen LogP contribution < -0.4 is 0 Å². The molecule has 2 rings (SSSR count). The molecule has 0 atom stereocenters. The van der Waals surface area contributed by atoms with Crippen LogP contribution in [0.15, 0.2) is 59.5 Å². The van der Waals surface area contributed by atoms with Crippen molar-refractivity contribution in [2.75, 3.05) is 0 Å². The molecule has 0 spiro atoms.